The lowest BCUT2D eigenvalue weighted by Gasteiger charge is -2.18. The van der Waals surface area contributed by atoms with Gasteiger partial charge in [-0.2, -0.15) is 17.6 Å². The van der Waals surface area contributed by atoms with E-state index in [1.54, 1.807) is 6.92 Å². The average molecular weight is 446 g/mol. The molecule has 0 radical (unpaired) electrons. The van der Waals surface area contributed by atoms with E-state index in [9.17, 15) is 26.7 Å². The molecule has 0 aliphatic rings. The van der Waals surface area contributed by atoms with Gasteiger partial charge in [0.1, 0.15) is 5.75 Å². The van der Waals surface area contributed by atoms with Crippen LogP contribution in [0, 0.1) is 18.6 Å². The fourth-order valence-electron chi connectivity index (χ4n) is 2.80. The Morgan fingerprint density at radius 1 is 1.03 bits per heavy atom. The number of alkyl halides is 3. The third kappa shape index (κ3) is 4.25. The van der Waals surface area contributed by atoms with E-state index in [-0.39, 0.29) is 17.0 Å². The third-order valence-corrected chi connectivity index (χ3v) is 4.39. The molecular weight excluding hydrogens is 433 g/mol. The van der Waals surface area contributed by atoms with Crippen molar-refractivity contribution in [3.05, 3.63) is 74.5 Å². The summed E-state index contributed by atoms with van der Waals surface area (Å²) in [6, 6.07) is 5.75. The lowest BCUT2D eigenvalue weighted by atomic mass is 10.1. The smallest absolute Gasteiger partial charge is 0.417 e. The Kier molecular flexibility index (Phi) is 5.76. The molecule has 0 saturated carbocycles. The van der Waals surface area contributed by atoms with E-state index in [0.29, 0.717) is 11.8 Å². The minimum Gasteiger partial charge on any atom is -0.490 e. The minimum absolute atomic E-state index is 0.000543. The molecule has 0 saturated heterocycles. The summed E-state index contributed by atoms with van der Waals surface area (Å²) in [5.41, 5.74) is -1.06. The normalized spacial score (nSPS) is 11.5. The Bertz CT molecular complexity index is 1170. The fraction of sp³-hybridized carbons (Fsp3) is 0.150. The lowest BCUT2D eigenvalue weighted by molar-refractivity contribution is -0.137. The van der Waals surface area contributed by atoms with Crippen LogP contribution in [0.25, 0.3) is 11.3 Å². The van der Waals surface area contributed by atoms with Crippen molar-refractivity contribution in [2.45, 2.75) is 13.1 Å². The third-order valence-electron chi connectivity index (χ3n) is 4.08. The van der Waals surface area contributed by atoms with Crippen LogP contribution < -0.4 is 14.9 Å². The first-order valence-electron chi connectivity index (χ1n) is 8.33. The van der Waals surface area contributed by atoms with Crippen LogP contribution in [0.4, 0.5) is 22.0 Å². The van der Waals surface area contributed by atoms with Crippen LogP contribution in [0.3, 0.4) is 0 Å². The summed E-state index contributed by atoms with van der Waals surface area (Å²) >= 11 is 5.82. The second kappa shape index (κ2) is 7.98. The maximum atomic E-state index is 14.0. The predicted octanol–water partition coefficient (Wildman–Crippen LogP) is 6.10. The number of hydrogen-bond donors (Lipinski definition) is 1. The first-order chi connectivity index (χ1) is 14.0. The summed E-state index contributed by atoms with van der Waals surface area (Å²) in [4.78, 5) is 14.7. The van der Waals surface area contributed by atoms with E-state index < -0.39 is 45.3 Å². The Morgan fingerprint density at radius 3 is 2.33 bits per heavy atom. The topological polar surface area (TPSA) is 51.3 Å². The highest BCUT2D eigenvalue weighted by Gasteiger charge is 2.35. The molecular formula is C20H13ClF5NO3. The molecule has 0 fully saturated rings. The van der Waals surface area contributed by atoms with Gasteiger partial charge < -0.3 is 14.5 Å². The molecule has 0 amide bonds. The molecule has 0 atom stereocenters. The van der Waals surface area contributed by atoms with Crippen molar-refractivity contribution in [3.63, 3.8) is 0 Å². The number of aryl methyl sites for hydroxylation is 1. The van der Waals surface area contributed by atoms with Crippen molar-refractivity contribution >= 4 is 11.6 Å². The standard InChI is InChI=1S/C20H13ClF5NO3/c1-9-5-10(28)6-15(27-9)11-7-13(21)12(20(24,25)26)8-17(11)30-16-4-3-14(22)18(23)19(16)29-2/h3-8H,1-2H3,(H,27,28). The largest absolute Gasteiger partial charge is 0.490 e. The van der Waals surface area contributed by atoms with E-state index in [4.69, 9.17) is 21.1 Å². The SMILES string of the molecule is COc1c(Oc2cc(C(F)(F)F)c(Cl)cc2-c2cc(=O)cc(C)[nH]2)ccc(F)c1F. The van der Waals surface area contributed by atoms with Gasteiger partial charge in [-0.25, -0.2) is 4.39 Å². The molecule has 0 aliphatic carbocycles. The Balaban J connectivity index is 2.26. The number of benzene rings is 2. The molecule has 2 aromatic carbocycles. The van der Waals surface area contributed by atoms with E-state index >= 15 is 0 Å². The highest BCUT2D eigenvalue weighted by atomic mass is 35.5. The molecule has 10 heteroatoms. The van der Waals surface area contributed by atoms with Gasteiger partial charge in [-0.1, -0.05) is 11.6 Å². The zero-order valence-corrected chi connectivity index (χ0v) is 16.2. The number of aromatic amines is 1. The van der Waals surface area contributed by atoms with Crippen molar-refractivity contribution in [2.75, 3.05) is 7.11 Å². The zero-order chi connectivity index (χ0) is 22.2. The number of H-pyrrole nitrogens is 1. The molecule has 30 heavy (non-hydrogen) atoms. The van der Waals surface area contributed by atoms with Gasteiger partial charge in [0.15, 0.2) is 17.0 Å². The molecule has 1 N–H and O–H groups in total. The van der Waals surface area contributed by atoms with Crippen LogP contribution in [-0.4, -0.2) is 12.1 Å². The summed E-state index contributed by atoms with van der Waals surface area (Å²) in [7, 11) is 1.05. The maximum absolute atomic E-state index is 14.0. The molecule has 158 valence electrons. The van der Waals surface area contributed by atoms with Gasteiger partial charge in [0.25, 0.3) is 0 Å². The van der Waals surface area contributed by atoms with Crippen molar-refractivity contribution in [2.24, 2.45) is 0 Å². The molecule has 4 nitrogen and oxygen atoms in total. The van der Waals surface area contributed by atoms with Gasteiger partial charge in [-0.3, -0.25) is 4.79 Å². The fourth-order valence-corrected chi connectivity index (χ4v) is 3.07. The van der Waals surface area contributed by atoms with E-state index in [1.807, 2.05) is 0 Å². The molecule has 0 aliphatic heterocycles. The van der Waals surface area contributed by atoms with Gasteiger partial charge in [0.2, 0.25) is 11.6 Å². The number of ether oxygens (including phenoxy) is 2. The van der Waals surface area contributed by atoms with Gasteiger partial charge in [0, 0.05) is 23.4 Å². The number of pyridine rings is 1. The average Bonchev–Trinajstić information content (AvgIpc) is 2.64. The van der Waals surface area contributed by atoms with Crippen molar-refractivity contribution in [3.8, 4) is 28.5 Å². The van der Waals surface area contributed by atoms with Crippen LogP contribution in [0.5, 0.6) is 17.2 Å². The number of aromatic nitrogens is 1. The van der Waals surface area contributed by atoms with Crippen LogP contribution in [0.1, 0.15) is 11.3 Å². The first-order valence-corrected chi connectivity index (χ1v) is 8.71. The minimum atomic E-state index is -4.81. The number of methoxy groups -OCH3 is 1. The quantitative estimate of drug-likeness (QED) is 0.493. The molecule has 1 heterocycles. The summed E-state index contributed by atoms with van der Waals surface area (Å²) in [5, 5.41) is -0.635. The number of halogens is 6. The maximum Gasteiger partial charge on any atom is 0.417 e. The molecule has 0 unspecified atom stereocenters. The summed E-state index contributed by atoms with van der Waals surface area (Å²) in [6.45, 7) is 1.58. The van der Waals surface area contributed by atoms with E-state index in [2.05, 4.69) is 4.98 Å². The van der Waals surface area contributed by atoms with Gasteiger partial charge in [0.05, 0.1) is 23.4 Å². The number of nitrogens with one attached hydrogen (secondary N) is 1. The summed E-state index contributed by atoms with van der Waals surface area (Å²) in [6.07, 6.45) is -4.81. The van der Waals surface area contributed by atoms with E-state index in [1.165, 1.54) is 6.07 Å². The summed E-state index contributed by atoms with van der Waals surface area (Å²) < 4.78 is 77.8. The molecule has 0 bridgehead atoms. The van der Waals surface area contributed by atoms with Gasteiger partial charge >= 0.3 is 6.18 Å². The van der Waals surface area contributed by atoms with E-state index in [0.717, 1.165) is 31.4 Å². The molecule has 1 aromatic heterocycles. The number of rotatable bonds is 4. The first kappa shape index (κ1) is 21.6. The lowest BCUT2D eigenvalue weighted by Crippen LogP contribution is -2.08. The predicted molar refractivity (Wildman–Crippen MR) is 100 cm³/mol. The Hall–Kier alpha value is -3.07. The second-order valence-electron chi connectivity index (χ2n) is 6.23. The summed E-state index contributed by atoms with van der Waals surface area (Å²) in [5.74, 6) is -4.01. The van der Waals surface area contributed by atoms with Crippen LogP contribution in [-0.2, 0) is 6.18 Å². The van der Waals surface area contributed by atoms with Crippen LogP contribution in [0.15, 0.2) is 41.2 Å². The van der Waals surface area contributed by atoms with Gasteiger partial charge in [-0.05, 0) is 31.2 Å². The molecule has 3 aromatic rings. The van der Waals surface area contributed by atoms with Crippen LogP contribution in [0.2, 0.25) is 5.02 Å². The Morgan fingerprint density at radius 2 is 1.73 bits per heavy atom. The Labute approximate surface area is 171 Å². The van der Waals surface area contributed by atoms with Crippen LogP contribution >= 0.6 is 11.6 Å². The van der Waals surface area contributed by atoms with Crippen molar-refractivity contribution in [1.29, 1.82) is 0 Å². The molecule has 0 spiro atoms. The number of hydrogen-bond acceptors (Lipinski definition) is 3. The van der Waals surface area contributed by atoms with Crippen molar-refractivity contribution in [1.82, 2.24) is 4.98 Å². The highest BCUT2D eigenvalue weighted by molar-refractivity contribution is 6.31. The molecule has 3 rings (SSSR count). The van der Waals surface area contributed by atoms with Crippen molar-refractivity contribution < 1.29 is 31.4 Å². The second-order valence-corrected chi connectivity index (χ2v) is 6.64. The monoisotopic (exact) mass is 445 g/mol. The van der Waals surface area contributed by atoms with Gasteiger partial charge in [-0.15, -0.1) is 0 Å². The zero-order valence-electron chi connectivity index (χ0n) is 15.5. The highest BCUT2D eigenvalue weighted by Crippen LogP contribution is 2.44.